The van der Waals surface area contributed by atoms with Gasteiger partial charge >= 0.3 is 0 Å². The van der Waals surface area contributed by atoms with E-state index in [2.05, 4.69) is 0 Å². The lowest BCUT2D eigenvalue weighted by Crippen LogP contribution is -2.16. The second-order valence-electron chi connectivity index (χ2n) is 7.46. The molecule has 0 saturated carbocycles. The third kappa shape index (κ3) is 4.16. The summed E-state index contributed by atoms with van der Waals surface area (Å²) in [5.74, 6) is 1.73. The van der Waals surface area contributed by atoms with Gasteiger partial charge in [-0.1, -0.05) is 13.8 Å². The van der Waals surface area contributed by atoms with Gasteiger partial charge in [0.05, 0.1) is 18.5 Å². The largest absolute Gasteiger partial charge is 0.492 e. The first-order valence-electron chi connectivity index (χ1n) is 9.63. The number of nitrogens with zero attached hydrogens (tertiary/aromatic N) is 1. The molecule has 2 aromatic carbocycles. The number of fused-ring (bicyclic) bond motifs is 1. The molecule has 0 aliphatic carbocycles. The summed E-state index contributed by atoms with van der Waals surface area (Å²) in [6.07, 6.45) is 1.86. The lowest BCUT2D eigenvalue weighted by Gasteiger charge is -2.22. The van der Waals surface area contributed by atoms with Crippen molar-refractivity contribution in [3.63, 3.8) is 0 Å². The molecular weight excluding hydrogens is 368 g/mol. The van der Waals surface area contributed by atoms with Gasteiger partial charge in [0.25, 0.3) is 0 Å². The molecule has 0 amide bonds. The molecule has 1 aliphatic heterocycles. The molecular formula is C23H28N2O4. The summed E-state index contributed by atoms with van der Waals surface area (Å²) in [6, 6.07) is 9.13. The Morgan fingerprint density at radius 1 is 1.17 bits per heavy atom. The molecule has 1 heterocycles. The summed E-state index contributed by atoms with van der Waals surface area (Å²) in [7, 11) is 5.42. The molecule has 29 heavy (non-hydrogen) atoms. The van der Waals surface area contributed by atoms with Gasteiger partial charge < -0.3 is 24.8 Å². The highest BCUT2D eigenvalue weighted by Gasteiger charge is 2.22. The van der Waals surface area contributed by atoms with Crippen molar-refractivity contribution < 1.29 is 19.0 Å². The Labute approximate surface area is 171 Å². The van der Waals surface area contributed by atoms with Gasteiger partial charge in [0, 0.05) is 30.8 Å². The summed E-state index contributed by atoms with van der Waals surface area (Å²) >= 11 is 0. The first kappa shape index (κ1) is 20.6. The highest BCUT2D eigenvalue weighted by molar-refractivity contribution is 6.12. The molecule has 0 bridgehead atoms. The van der Waals surface area contributed by atoms with Crippen LogP contribution < -0.4 is 24.8 Å². The van der Waals surface area contributed by atoms with Crippen LogP contribution in [0, 0.1) is 5.92 Å². The smallest absolute Gasteiger partial charge is 0.204 e. The second-order valence-corrected chi connectivity index (χ2v) is 7.46. The molecule has 0 atom stereocenters. The molecule has 0 fully saturated rings. The molecule has 2 N–H and O–H groups in total. The number of carbonyl (C=O) groups excluding carboxylic acids is 1. The maximum atomic E-state index is 13.3. The molecule has 0 radical (unpaired) electrons. The third-order valence-electron chi connectivity index (χ3n) is 4.86. The van der Waals surface area contributed by atoms with Gasteiger partial charge in [-0.3, -0.25) is 4.79 Å². The second kappa shape index (κ2) is 8.47. The molecule has 0 spiro atoms. The number of allylic oxidation sites excluding steroid dienone is 1. The van der Waals surface area contributed by atoms with Crippen molar-refractivity contribution in [2.45, 2.75) is 13.8 Å². The van der Waals surface area contributed by atoms with Gasteiger partial charge in [-0.05, 0) is 42.3 Å². The summed E-state index contributed by atoms with van der Waals surface area (Å²) in [4.78, 5) is 15.2. The molecule has 3 rings (SSSR count). The Morgan fingerprint density at radius 3 is 2.52 bits per heavy atom. The van der Waals surface area contributed by atoms with Crippen LogP contribution in [0.5, 0.6) is 17.2 Å². The zero-order valence-electron chi connectivity index (χ0n) is 17.6. The summed E-state index contributed by atoms with van der Waals surface area (Å²) in [5.41, 5.74) is 9.59. The third-order valence-corrected chi connectivity index (χ3v) is 4.86. The van der Waals surface area contributed by atoms with Crippen molar-refractivity contribution in [1.82, 2.24) is 0 Å². The number of hydrogen-bond donors (Lipinski definition) is 1. The number of ketones is 1. The lowest BCUT2D eigenvalue weighted by atomic mass is 9.91. The number of ether oxygens (including phenoxy) is 3. The van der Waals surface area contributed by atoms with E-state index in [-0.39, 0.29) is 11.7 Å². The Hall–Kier alpha value is -3.15. The number of anilines is 2. The topological polar surface area (TPSA) is 74.0 Å². The average molecular weight is 396 g/mol. The number of nitrogen functional groups attached to an aromatic ring is 1. The predicted molar refractivity (Wildman–Crippen MR) is 116 cm³/mol. The molecule has 6 heteroatoms. The number of methoxy groups -OCH3 is 1. The Kier molecular flexibility index (Phi) is 6.01. The minimum Gasteiger partial charge on any atom is -0.492 e. The fourth-order valence-corrected chi connectivity index (χ4v) is 3.36. The zero-order chi connectivity index (χ0) is 21.1. The van der Waals surface area contributed by atoms with Crippen LogP contribution in [0.2, 0.25) is 0 Å². The van der Waals surface area contributed by atoms with Crippen LogP contribution in [0.3, 0.4) is 0 Å². The van der Waals surface area contributed by atoms with E-state index in [4.69, 9.17) is 19.9 Å². The van der Waals surface area contributed by atoms with E-state index in [0.29, 0.717) is 47.3 Å². The van der Waals surface area contributed by atoms with Gasteiger partial charge in [0.1, 0.15) is 13.2 Å². The first-order chi connectivity index (χ1) is 13.8. The maximum Gasteiger partial charge on any atom is 0.204 e. The number of rotatable bonds is 6. The number of Topliss-reactive ketones (excluding diaryl/α,β-unsaturated/α-hetero) is 1. The van der Waals surface area contributed by atoms with Crippen LogP contribution in [0.4, 0.5) is 11.4 Å². The van der Waals surface area contributed by atoms with Crippen molar-refractivity contribution in [2.24, 2.45) is 5.92 Å². The Morgan fingerprint density at radius 2 is 1.90 bits per heavy atom. The highest BCUT2D eigenvalue weighted by Crippen LogP contribution is 2.43. The summed E-state index contributed by atoms with van der Waals surface area (Å²) in [6.45, 7) is 4.95. The van der Waals surface area contributed by atoms with Gasteiger partial charge in [0.2, 0.25) is 5.75 Å². The minimum absolute atomic E-state index is 0.00940. The van der Waals surface area contributed by atoms with Crippen LogP contribution in [0.15, 0.2) is 35.9 Å². The summed E-state index contributed by atoms with van der Waals surface area (Å²) in [5, 5.41) is 0. The zero-order valence-corrected chi connectivity index (χ0v) is 17.6. The van der Waals surface area contributed by atoms with Crippen molar-refractivity contribution in [3.05, 3.63) is 47.0 Å². The van der Waals surface area contributed by atoms with Crippen LogP contribution in [-0.2, 0) is 0 Å². The number of hydrogen-bond acceptors (Lipinski definition) is 6. The Balaban J connectivity index is 2.03. The SMILES string of the molecule is COc1c(/C=C(/C(=O)c2ccc(N(C)C)c(N)c2)C(C)C)ccc2c1OCCO2. The number of nitrogens with two attached hydrogens (primary N) is 1. The molecule has 0 aromatic heterocycles. The molecule has 1 aliphatic rings. The van der Waals surface area contributed by atoms with Crippen LogP contribution in [0.25, 0.3) is 6.08 Å². The van der Waals surface area contributed by atoms with Gasteiger partial charge in [-0.15, -0.1) is 0 Å². The van der Waals surface area contributed by atoms with E-state index in [0.717, 1.165) is 11.3 Å². The van der Waals surface area contributed by atoms with Gasteiger partial charge in [-0.2, -0.15) is 0 Å². The van der Waals surface area contributed by atoms with Crippen LogP contribution in [0.1, 0.15) is 29.8 Å². The van der Waals surface area contributed by atoms with E-state index >= 15 is 0 Å². The van der Waals surface area contributed by atoms with Gasteiger partial charge in [0.15, 0.2) is 17.3 Å². The normalized spacial score (nSPS) is 13.4. The molecule has 0 unspecified atom stereocenters. The fraction of sp³-hybridized carbons (Fsp3) is 0.348. The Bertz CT molecular complexity index is 948. The number of benzene rings is 2. The van der Waals surface area contributed by atoms with Crippen LogP contribution >= 0.6 is 0 Å². The molecule has 154 valence electrons. The first-order valence-corrected chi connectivity index (χ1v) is 9.63. The van der Waals surface area contributed by atoms with E-state index in [1.807, 2.05) is 63.2 Å². The van der Waals surface area contributed by atoms with Gasteiger partial charge in [-0.25, -0.2) is 0 Å². The minimum atomic E-state index is -0.0612. The van der Waals surface area contributed by atoms with Crippen molar-refractivity contribution >= 4 is 23.2 Å². The monoisotopic (exact) mass is 396 g/mol. The standard InChI is InChI=1S/C23H28N2O4/c1-14(2)17(21(26)15-6-8-19(25(3)4)18(24)13-15)12-16-7-9-20-23(22(16)27-5)29-11-10-28-20/h6-9,12-14H,10-11,24H2,1-5H3/b17-12+. The van der Waals surface area contributed by atoms with Crippen molar-refractivity contribution in [2.75, 3.05) is 45.1 Å². The van der Waals surface area contributed by atoms with E-state index in [1.54, 1.807) is 13.2 Å². The quantitative estimate of drug-likeness (QED) is 0.451. The maximum absolute atomic E-state index is 13.3. The van der Waals surface area contributed by atoms with E-state index in [1.165, 1.54) is 0 Å². The van der Waals surface area contributed by atoms with Crippen LogP contribution in [-0.4, -0.2) is 40.2 Å². The summed E-state index contributed by atoms with van der Waals surface area (Å²) < 4.78 is 16.9. The average Bonchev–Trinajstić information content (AvgIpc) is 2.70. The fourth-order valence-electron chi connectivity index (χ4n) is 3.36. The molecule has 2 aromatic rings. The molecule has 0 saturated heterocycles. The van der Waals surface area contributed by atoms with E-state index < -0.39 is 0 Å². The van der Waals surface area contributed by atoms with Crippen molar-refractivity contribution in [3.8, 4) is 17.2 Å². The highest BCUT2D eigenvalue weighted by atomic mass is 16.6. The molecule has 6 nitrogen and oxygen atoms in total. The lowest BCUT2D eigenvalue weighted by molar-refractivity contribution is 0.102. The predicted octanol–water partition coefficient (Wildman–Crippen LogP) is 4.04. The van der Waals surface area contributed by atoms with Crippen molar-refractivity contribution in [1.29, 1.82) is 0 Å². The number of carbonyl (C=O) groups is 1. The van der Waals surface area contributed by atoms with E-state index in [9.17, 15) is 4.79 Å².